The Morgan fingerprint density at radius 2 is 1.04 bits per heavy atom. The van der Waals surface area contributed by atoms with Gasteiger partial charge in [-0.2, -0.15) is 0 Å². The summed E-state index contributed by atoms with van der Waals surface area (Å²) in [4.78, 5) is 14.9. The number of aromatic nitrogens is 3. The van der Waals surface area contributed by atoms with Gasteiger partial charge in [0, 0.05) is 28.2 Å². The molecule has 4 nitrogen and oxygen atoms in total. The van der Waals surface area contributed by atoms with Crippen molar-refractivity contribution in [3.63, 3.8) is 0 Å². The van der Waals surface area contributed by atoms with Gasteiger partial charge in [-0.15, -0.1) is 0 Å². The predicted octanol–water partition coefficient (Wildman–Crippen LogP) is 9.70. The molecule has 8 aromatic rings. The van der Waals surface area contributed by atoms with Gasteiger partial charge in [0.15, 0.2) is 11.4 Å². The van der Waals surface area contributed by atoms with Crippen LogP contribution >= 0.6 is 0 Å². The molecule has 1 aliphatic carbocycles. The van der Waals surface area contributed by atoms with Gasteiger partial charge in [0.05, 0.1) is 11.4 Å². The van der Waals surface area contributed by atoms with Gasteiger partial charge >= 0.3 is 0 Å². The van der Waals surface area contributed by atoms with Crippen molar-refractivity contribution >= 4 is 23.3 Å². The standard InChI is InChI=1S/C45H31N3O/c1-2-8-30(9-3-1)32-14-19-34(20-15-32)41-29-42(35-21-16-33(17-22-35)39-27-18-31-10-4-5-11-38(31)28-39)47-44(46-41)36-23-25-37(26-24-36)45-48-40-12-6-7-13-43(40)49-45/h1-26,28-29,39H,27H2. The second kappa shape index (κ2) is 12.3. The molecular weight excluding hydrogens is 599 g/mol. The van der Waals surface area contributed by atoms with Crippen molar-refractivity contribution in [2.45, 2.75) is 12.3 Å². The van der Waals surface area contributed by atoms with E-state index in [9.17, 15) is 0 Å². The highest BCUT2D eigenvalue weighted by atomic mass is 16.3. The van der Waals surface area contributed by atoms with Crippen molar-refractivity contribution in [1.82, 2.24) is 15.0 Å². The number of para-hydroxylation sites is 2. The summed E-state index contributed by atoms with van der Waals surface area (Å²) < 4.78 is 6.02. The second-order valence-corrected chi connectivity index (χ2v) is 12.4. The van der Waals surface area contributed by atoms with Gasteiger partial charge in [0.1, 0.15) is 5.52 Å². The molecule has 0 amide bonds. The molecule has 0 fully saturated rings. The molecule has 232 valence electrons. The van der Waals surface area contributed by atoms with Crippen LogP contribution < -0.4 is 10.4 Å². The van der Waals surface area contributed by atoms with Crippen LogP contribution in [0.1, 0.15) is 17.9 Å². The average molecular weight is 630 g/mol. The first kappa shape index (κ1) is 28.8. The van der Waals surface area contributed by atoms with E-state index in [1.165, 1.54) is 27.1 Å². The van der Waals surface area contributed by atoms with Crippen molar-refractivity contribution in [3.8, 4) is 56.5 Å². The van der Waals surface area contributed by atoms with Crippen LogP contribution in [0, 0.1) is 0 Å². The molecule has 4 heteroatoms. The Balaban J connectivity index is 1.08. The third-order valence-corrected chi connectivity index (χ3v) is 9.30. The highest BCUT2D eigenvalue weighted by Gasteiger charge is 2.15. The van der Waals surface area contributed by atoms with E-state index in [0.29, 0.717) is 17.6 Å². The van der Waals surface area contributed by atoms with Gasteiger partial charge in [-0.05, 0) is 63.9 Å². The van der Waals surface area contributed by atoms with E-state index < -0.39 is 0 Å². The van der Waals surface area contributed by atoms with Crippen LogP contribution in [-0.2, 0) is 0 Å². The fraction of sp³-hybridized carbons (Fsp3) is 0.0444. The van der Waals surface area contributed by atoms with E-state index in [1.54, 1.807) is 0 Å². The summed E-state index contributed by atoms with van der Waals surface area (Å²) in [6.07, 6.45) is 5.72. The summed E-state index contributed by atoms with van der Waals surface area (Å²) in [5, 5.41) is 2.61. The summed E-state index contributed by atoms with van der Waals surface area (Å²) in [5.74, 6) is 1.61. The minimum Gasteiger partial charge on any atom is -0.436 e. The lowest BCUT2D eigenvalue weighted by Gasteiger charge is -2.15. The SMILES string of the molecule is C1=c2ccccc2=CC(c2ccc(-c3cc(-c4ccc(-c5ccccc5)cc4)nc(-c4ccc(-c5nc6ccccc6o5)cc4)n3)cc2)C1. The van der Waals surface area contributed by atoms with Crippen molar-refractivity contribution in [3.05, 3.63) is 174 Å². The van der Waals surface area contributed by atoms with E-state index >= 15 is 0 Å². The Morgan fingerprint density at radius 1 is 0.469 bits per heavy atom. The summed E-state index contributed by atoms with van der Waals surface area (Å²) in [6, 6.07) is 54.5. The lowest BCUT2D eigenvalue weighted by molar-refractivity contribution is 0.620. The maximum Gasteiger partial charge on any atom is 0.227 e. The molecule has 0 saturated heterocycles. The van der Waals surface area contributed by atoms with Crippen LogP contribution in [0.5, 0.6) is 0 Å². The molecule has 0 aliphatic heterocycles. The lowest BCUT2D eigenvalue weighted by Crippen LogP contribution is -2.27. The topological polar surface area (TPSA) is 51.8 Å². The molecule has 6 aromatic carbocycles. The number of oxazole rings is 1. The van der Waals surface area contributed by atoms with Gasteiger partial charge in [0.25, 0.3) is 0 Å². The number of nitrogens with zero attached hydrogens (tertiary/aromatic N) is 3. The molecule has 2 aromatic heterocycles. The predicted molar refractivity (Wildman–Crippen MR) is 199 cm³/mol. The van der Waals surface area contributed by atoms with Crippen LogP contribution in [0.25, 0.3) is 79.7 Å². The molecule has 49 heavy (non-hydrogen) atoms. The van der Waals surface area contributed by atoms with E-state index in [4.69, 9.17) is 14.4 Å². The van der Waals surface area contributed by atoms with Gasteiger partial charge in [-0.25, -0.2) is 15.0 Å². The highest BCUT2D eigenvalue weighted by Crippen LogP contribution is 2.32. The molecule has 0 saturated carbocycles. The van der Waals surface area contributed by atoms with Gasteiger partial charge < -0.3 is 4.42 Å². The van der Waals surface area contributed by atoms with Crippen molar-refractivity contribution in [1.29, 1.82) is 0 Å². The zero-order valence-corrected chi connectivity index (χ0v) is 26.7. The number of hydrogen-bond acceptors (Lipinski definition) is 4. The van der Waals surface area contributed by atoms with Crippen LogP contribution in [-0.4, -0.2) is 15.0 Å². The Morgan fingerprint density at radius 3 is 1.78 bits per heavy atom. The molecule has 0 radical (unpaired) electrons. The molecule has 9 rings (SSSR count). The number of hydrogen-bond donors (Lipinski definition) is 0. The molecule has 2 heterocycles. The maximum absolute atomic E-state index is 6.02. The van der Waals surface area contributed by atoms with Crippen LogP contribution in [0.15, 0.2) is 162 Å². The quantitative estimate of drug-likeness (QED) is 0.184. The monoisotopic (exact) mass is 629 g/mol. The van der Waals surface area contributed by atoms with Crippen molar-refractivity contribution < 1.29 is 4.42 Å². The van der Waals surface area contributed by atoms with E-state index in [1.807, 2.05) is 54.6 Å². The maximum atomic E-state index is 6.02. The van der Waals surface area contributed by atoms with E-state index in [2.05, 4.69) is 120 Å². The molecule has 1 aliphatic rings. The fourth-order valence-electron chi connectivity index (χ4n) is 6.61. The van der Waals surface area contributed by atoms with Crippen LogP contribution in [0.2, 0.25) is 0 Å². The Hall–Kier alpha value is -6.39. The van der Waals surface area contributed by atoms with Crippen molar-refractivity contribution in [2.24, 2.45) is 0 Å². The van der Waals surface area contributed by atoms with Crippen LogP contribution in [0.4, 0.5) is 0 Å². The number of benzene rings is 6. The zero-order valence-electron chi connectivity index (χ0n) is 26.7. The molecule has 0 bridgehead atoms. The number of rotatable bonds is 6. The average Bonchev–Trinajstić information content (AvgIpc) is 3.63. The Bertz CT molecular complexity index is 2520. The Labute approximate surface area is 284 Å². The molecular formula is C45H31N3O. The molecule has 1 atom stereocenters. The Kier molecular flexibility index (Phi) is 7.25. The first-order chi connectivity index (χ1) is 24.2. The molecule has 0 spiro atoms. The minimum atomic E-state index is 0.350. The van der Waals surface area contributed by atoms with Gasteiger partial charge in [-0.1, -0.05) is 140 Å². The summed E-state index contributed by atoms with van der Waals surface area (Å²) in [7, 11) is 0. The summed E-state index contributed by atoms with van der Waals surface area (Å²) >= 11 is 0. The molecule has 0 N–H and O–H groups in total. The lowest BCUT2D eigenvalue weighted by atomic mass is 9.90. The third-order valence-electron chi connectivity index (χ3n) is 9.30. The number of fused-ring (bicyclic) bond motifs is 2. The summed E-state index contributed by atoms with van der Waals surface area (Å²) in [5.41, 5.74) is 11.0. The van der Waals surface area contributed by atoms with Crippen molar-refractivity contribution in [2.75, 3.05) is 0 Å². The third kappa shape index (κ3) is 5.74. The second-order valence-electron chi connectivity index (χ2n) is 12.4. The first-order valence-corrected chi connectivity index (χ1v) is 16.6. The smallest absolute Gasteiger partial charge is 0.227 e. The van der Waals surface area contributed by atoms with Crippen LogP contribution in [0.3, 0.4) is 0 Å². The van der Waals surface area contributed by atoms with E-state index in [-0.39, 0.29) is 0 Å². The molecule has 1 unspecified atom stereocenters. The van der Waals surface area contributed by atoms with Gasteiger partial charge in [0.2, 0.25) is 5.89 Å². The summed E-state index contributed by atoms with van der Waals surface area (Å²) in [6.45, 7) is 0. The fourth-order valence-corrected chi connectivity index (χ4v) is 6.61. The largest absolute Gasteiger partial charge is 0.436 e. The first-order valence-electron chi connectivity index (χ1n) is 16.6. The normalized spacial score (nSPS) is 13.8. The highest BCUT2D eigenvalue weighted by molar-refractivity contribution is 5.77. The van der Waals surface area contributed by atoms with Gasteiger partial charge in [-0.3, -0.25) is 0 Å². The minimum absolute atomic E-state index is 0.350. The van der Waals surface area contributed by atoms with E-state index in [0.717, 1.165) is 51.2 Å². The zero-order chi connectivity index (χ0) is 32.6.